The van der Waals surface area contributed by atoms with Crippen LogP contribution in [0.3, 0.4) is 0 Å². The molecule has 0 bridgehead atoms. The Balaban J connectivity index is 3.30. The van der Waals surface area contributed by atoms with Crippen molar-refractivity contribution in [3.8, 4) is 11.5 Å². The molecule has 0 radical (unpaired) electrons. The first-order chi connectivity index (χ1) is 16.3. The van der Waals surface area contributed by atoms with Gasteiger partial charge in [-0.25, -0.2) is 14.4 Å². The molecule has 0 fully saturated rings. The van der Waals surface area contributed by atoms with Gasteiger partial charge in [-0.05, 0) is 58.2 Å². The molecule has 0 aromatic heterocycles. The van der Waals surface area contributed by atoms with E-state index in [-0.39, 0.29) is 31.3 Å². The zero-order valence-corrected chi connectivity index (χ0v) is 20.7. The van der Waals surface area contributed by atoms with Gasteiger partial charge in [0.25, 0.3) is 0 Å². The fraction of sp³-hybridized carbons (Fsp3) is 0.565. The standard InChI is InChI=1S/C23H33NO11/c1-7-30-20(27)33-15-10-9-14(11-16(15)34-21(28)31-8-2)17(18(24)19(25)26)13(3)12-32-22(29)35-23(4,5)6/h9-11,13,17-18H,7-8,12,24H2,1-6H3,(H,25,26)/t13?,17?,18-/m0/s1. The lowest BCUT2D eigenvalue weighted by Gasteiger charge is -2.28. The number of carbonyl (C=O) groups excluding carboxylic acids is 3. The molecule has 12 nitrogen and oxygen atoms in total. The van der Waals surface area contributed by atoms with Crippen molar-refractivity contribution < 1.29 is 52.7 Å². The number of ether oxygens (including phenoxy) is 6. The van der Waals surface area contributed by atoms with Crippen LogP contribution in [0.2, 0.25) is 0 Å². The van der Waals surface area contributed by atoms with Gasteiger partial charge in [0.05, 0.1) is 19.8 Å². The molecule has 0 aliphatic heterocycles. The monoisotopic (exact) mass is 499 g/mol. The van der Waals surface area contributed by atoms with Crippen molar-refractivity contribution in [1.82, 2.24) is 0 Å². The summed E-state index contributed by atoms with van der Waals surface area (Å²) in [6.07, 6.45) is -3.03. The van der Waals surface area contributed by atoms with Crippen molar-refractivity contribution in [2.24, 2.45) is 11.7 Å². The average molecular weight is 500 g/mol. The van der Waals surface area contributed by atoms with Gasteiger partial charge in [-0.15, -0.1) is 0 Å². The normalized spacial score (nSPS) is 13.6. The van der Waals surface area contributed by atoms with Gasteiger partial charge in [0.1, 0.15) is 11.6 Å². The first-order valence-corrected chi connectivity index (χ1v) is 11.0. The summed E-state index contributed by atoms with van der Waals surface area (Å²) in [4.78, 5) is 47.4. The molecular formula is C23H33NO11. The summed E-state index contributed by atoms with van der Waals surface area (Å²) in [5.41, 5.74) is 5.49. The molecular weight excluding hydrogens is 466 g/mol. The van der Waals surface area contributed by atoms with E-state index in [0.717, 1.165) is 0 Å². The molecule has 0 amide bonds. The predicted molar refractivity (Wildman–Crippen MR) is 121 cm³/mol. The SMILES string of the molecule is CCOC(=O)Oc1ccc(C(C(C)COC(=O)OC(C)(C)C)[C@H](N)C(=O)O)cc1OC(=O)OCC. The van der Waals surface area contributed by atoms with E-state index in [9.17, 15) is 24.3 Å². The Morgan fingerprint density at radius 3 is 1.94 bits per heavy atom. The average Bonchev–Trinajstić information content (AvgIpc) is 2.73. The van der Waals surface area contributed by atoms with Crippen LogP contribution in [0.5, 0.6) is 11.5 Å². The van der Waals surface area contributed by atoms with Crippen LogP contribution >= 0.6 is 0 Å². The summed E-state index contributed by atoms with van der Waals surface area (Å²) in [5, 5.41) is 9.56. The molecule has 0 saturated carbocycles. The smallest absolute Gasteiger partial charge is 0.480 e. The van der Waals surface area contributed by atoms with Crippen LogP contribution in [0.25, 0.3) is 0 Å². The summed E-state index contributed by atoms with van der Waals surface area (Å²) in [5.74, 6) is -3.21. The van der Waals surface area contributed by atoms with Crippen LogP contribution in [0.1, 0.15) is 53.0 Å². The van der Waals surface area contributed by atoms with E-state index >= 15 is 0 Å². The summed E-state index contributed by atoms with van der Waals surface area (Å²) < 4.78 is 30.0. The third-order valence-corrected chi connectivity index (χ3v) is 4.40. The van der Waals surface area contributed by atoms with Crippen LogP contribution in [0.15, 0.2) is 18.2 Å². The summed E-state index contributed by atoms with van der Waals surface area (Å²) >= 11 is 0. The third-order valence-electron chi connectivity index (χ3n) is 4.40. The van der Waals surface area contributed by atoms with Crippen molar-refractivity contribution in [2.75, 3.05) is 19.8 Å². The highest BCUT2D eigenvalue weighted by Gasteiger charge is 2.33. The summed E-state index contributed by atoms with van der Waals surface area (Å²) in [6, 6.07) is 2.62. The molecule has 1 rings (SSSR count). The zero-order chi connectivity index (χ0) is 26.8. The molecule has 0 aliphatic rings. The molecule has 1 aromatic rings. The van der Waals surface area contributed by atoms with E-state index in [4.69, 9.17) is 34.2 Å². The van der Waals surface area contributed by atoms with Gasteiger partial charge < -0.3 is 39.3 Å². The number of benzene rings is 1. The maximum atomic E-state index is 11.9. The molecule has 196 valence electrons. The minimum Gasteiger partial charge on any atom is -0.480 e. The van der Waals surface area contributed by atoms with Gasteiger partial charge in [-0.3, -0.25) is 4.79 Å². The highest BCUT2D eigenvalue weighted by atomic mass is 16.7. The molecule has 0 saturated heterocycles. The van der Waals surface area contributed by atoms with E-state index in [0.29, 0.717) is 5.56 Å². The number of hydrogen-bond donors (Lipinski definition) is 2. The van der Waals surface area contributed by atoms with Gasteiger partial charge >= 0.3 is 24.4 Å². The number of carbonyl (C=O) groups is 4. The molecule has 1 aromatic carbocycles. The van der Waals surface area contributed by atoms with Crippen LogP contribution in [0, 0.1) is 5.92 Å². The highest BCUT2D eigenvalue weighted by molar-refractivity contribution is 5.75. The summed E-state index contributed by atoms with van der Waals surface area (Å²) in [6.45, 7) is 9.67. The number of aliphatic carboxylic acids is 1. The second-order valence-corrected chi connectivity index (χ2v) is 8.42. The Morgan fingerprint density at radius 2 is 1.46 bits per heavy atom. The number of carboxylic acid groups (broad SMARTS) is 1. The molecule has 12 heteroatoms. The first kappa shape index (κ1) is 29.5. The van der Waals surface area contributed by atoms with Gasteiger partial charge in [-0.2, -0.15) is 0 Å². The Hall–Kier alpha value is -3.54. The van der Waals surface area contributed by atoms with Crippen molar-refractivity contribution in [3.05, 3.63) is 23.8 Å². The van der Waals surface area contributed by atoms with E-state index < -0.39 is 47.9 Å². The molecule has 0 spiro atoms. The predicted octanol–water partition coefficient (Wildman–Crippen LogP) is 3.84. The lowest BCUT2D eigenvalue weighted by molar-refractivity contribution is -0.139. The fourth-order valence-electron chi connectivity index (χ4n) is 3.00. The Kier molecular flexibility index (Phi) is 11.3. The van der Waals surface area contributed by atoms with E-state index in [1.807, 2.05) is 0 Å². The second-order valence-electron chi connectivity index (χ2n) is 8.42. The van der Waals surface area contributed by atoms with E-state index in [1.54, 1.807) is 41.5 Å². The minimum absolute atomic E-state index is 0.0259. The number of hydrogen-bond acceptors (Lipinski definition) is 11. The maximum absolute atomic E-state index is 11.9. The topological polar surface area (TPSA) is 170 Å². The molecule has 0 heterocycles. The largest absolute Gasteiger partial charge is 0.513 e. The van der Waals surface area contributed by atoms with Crippen LogP contribution < -0.4 is 15.2 Å². The van der Waals surface area contributed by atoms with Gasteiger partial charge in [0, 0.05) is 5.92 Å². The van der Waals surface area contributed by atoms with E-state index in [2.05, 4.69) is 0 Å². The fourth-order valence-corrected chi connectivity index (χ4v) is 3.00. The van der Waals surface area contributed by atoms with Crippen LogP contribution in [0.4, 0.5) is 14.4 Å². The lowest BCUT2D eigenvalue weighted by Crippen LogP contribution is -2.41. The van der Waals surface area contributed by atoms with Gasteiger partial charge in [0.15, 0.2) is 11.5 Å². The Labute approximate surface area is 203 Å². The van der Waals surface area contributed by atoms with Gasteiger partial charge in [-0.1, -0.05) is 13.0 Å². The van der Waals surface area contributed by atoms with Crippen molar-refractivity contribution in [2.45, 2.75) is 59.1 Å². The molecule has 0 aliphatic carbocycles. The minimum atomic E-state index is -1.42. The molecule has 35 heavy (non-hydrogen) atoms. The van der Waals surface area contributed by atoms with Crippen molar-refractivity contribution in [3.63, 3.8) is 0 Å². The molecule has 3 N–H and O–H groups in total. The van der Waals surface area contributed by atoms with Gasteiger partial charge in [0.2, 0.25) is 0 Å². The van der Waals surface area contributed by atoms with Crippen molar-refractivity contribution in [1.29, 1.82) is 0 Å². The summed E-state index contributed by atoms with van der Waals surface area (Å²) in [7, 11) is 0. The first-order valence-electron chi connectivity index (χ1n) is 11.0. The van der Waals surface area contributed by atoms with Crippen molar-refractivity contribution >= 4 is 24.4 Å². The molecule has 3 atom stereocenters. The Bertz CT molecular complexity index is 894. The van der Waals surface area contributed by atoms with Crippen LogP contribution in [-0.2, 0) is 23.7 Å². The highest BCUT2D eigenvalue weighted by Crippen LogP contribution is 2.36. The molecule has 2 unspecified atom stereocenters. The third kappa shape index (κ3) is 10.1. The number of carboxylic acids is 1. The number of rotatable bonds is 10. The lowest BCUT2D eigenvalue weighted by atomic mass is 9.82. The maximum Gasteiger partial charge on any atom is 0.513 e. The van der Waals surface area contributed by atoms with Crippen LogP contribution in [-0.4, -0.2) is 61.0 Å². The second kappa shape index (κ2) is 13.4. The zero-order valence-electron chi connectivity index (χ0n) is 20.7. The number of nitrogens with two attached hydrogens (primary N) is 1. The quantitative estimate of drug-likeness (QED) is 0.271. The Morgan fingerprint density at radius 1 is 0.914 bits per heavy atom. The van der Waals surface area contributed by atoms with E-state index in [1.165, 1.54) is 18.2 Å².